The van der Waals surface area contributed by atoms with Crippen LogP contribution in [-0.2, 0) is 11.8 Å². The monoisotopic (exact) mass is 483 g/mol. The molecule has 2 atom stereocenters. The van der Waals surface area contributed by atoms with Gasteiger partial charge in [0.25, 0.3) is 5.91 Å². The number of anilines is 1. The summed E-state index contributed by atoms with van der Waals surface area (Å²) in [5.41, 5.74) is 8.62. The van der Waals surface area contributed by atoms with Crippen molar-refractivity contribution in [3.05, 3.63) is 42.4 Å². The first-order chi connectivity index (χ1) is 17.3. The molecule has 2 fully saturated rings. The topological polar surface area (TPSA) is 147 Å². The third-order valence-electron chi connectivity index (χ3n) is 7.40. The zero-order chi connectivity index (χ0) is 25.2. The van der Waals surface area contributed by atoms with Gasteiger partial charge in [0.05, 0.1) is 47.1 Å². The number of carbonyl (C=O) groups excluding carboxylic acids is 2. The first kappa shape index (κ1) is 22.0. The van der Waals surface area contributed by atoms with Crippen LogP contribution in [0.5, 0.6) is 0 Å². The summed E-state index contributed by atoms with van der Waals surface area (Å²) in [7, 11) is 1.89. The second-order valence-electron chi connectivity index (χ2n) is 9.87. The van der Waals surface area contributed by atoms with Crippen LogP contribution in [0.2, 0.25) is 0 Å². The molecule has 2 aliphatic rings. The smallest absolute Gasteiger partial charge is 0.252 e. The molecule has 1 aromatic carbocycles. The van der Waals surface area contributed by atoms with Crippen molar-refractivity contribution in [2.24, 2.45) is 24.1 Å². The summed E-state index contributed by atoms with van der Waals surface area (Å²) in [6, 6.07) is 8.02. The second kappa shape index (κ2) is 7.78. The normalized spacial score (nSPS) is 20.5. The van der Waals surface area contributed by atoms with Crippen LogP contribution in [0.15, 0.2) is 36.8 Å². The number of aromatic nitrogens is 5. The highest BCUT2D eigenvalue weighted by Crippen LogP contribution is 2.47. The van der Waals surface area contributed by atoms with E-state index in [1.807, 2.05) is 36.9 Å². The number of nitrogens with two attached hydrogens (primary N) is 1. The van der Waals surface area contributed by atoms with Gasteiger partial charge in [-0.05, 0) is 30.9 Å². The van der Waals surface area contributed by atoms with Gasteiger partial charge in [-0.25, -0.2) is 9.50 Å². The first-order valence-corrected chi connectivity index (χ1v) is 11.9. The lowest BCUT2D eigenvalue weighted by Gasteiger charge is -2.21. The number of carbonyl (C=O) groups is 2. The van der Waals surface area contributed by atoms with Gasteiger partial charge in [-0.1, -0.05) is 13.0 Å². The number of benzene rings is 1. The number of aryl methyl sites for hydroxylation is 1. The van der Waals surface area contributed by atoms with E-state index in [-0.39, 0.29) is 23.4 Å². The van der Waals surface area contributed by atoms with Crippen molar-refractivity contribution in [3.8, 4) is 17.3 Å². The van der Waals surface area contributed by atoms with Crippen LogP contribution in [0.1, 0.15) is 30.1 Å². The van der Waals surface area contributed by atoms with Crippen molar-refractivity contribution in [3.63, 3.8) is 0 Å². The minimum absolute atomic E-state index is 0.0970. The van der Waals surface area contributed by atoms with E-state index in [2.05, 4.69) is 21.6 Å². The fraction of sp³-hybridized carbons (Fsp3) is 0.360. The van der Waals surface area contributed by atoms with Crippen molar-refractivity contribution in [2.45, 2.75) is 25.8 Å². The summed E-state index contributed by atoms with van der Waals surface area (Å²) in [5.74, 6) is -0.626. The Morgan fingerprint density at radius 2 is 2.03 bits per heavy atom. The fourth-order valence-electron chi connectivity index (χ4n) is 5.03. The molecule has 1 aliphatic heterocycles. The van der Waals surface area contributed by atoms with Crippen molar-refractivity contribution in [1.82, 2.24) is 29.3 Å². The van der Waals surface area contributed by atoms with Crippen LogP contribution in [0.4, 0.5) is 5.69 Å². The lowest BCUT2D eigenvalue weighted by atomic mass is 10.1. The van der Waals surface area contributed by atoms with Gasteiger partial charge in [0.1, 0.15) is 5.41 Å². The highest BCUT2D eigenvalue weighted by molar-refractivity contribution is 6.01. The zero-order valence-electron chi connectivity index (χ0n) is 20.0. The molecule has 4 heterocycles. The Morgan fingerprint density at radius 1 is 1.22 bits per heavy atom. The molecule has 0 unspecified atom stereocenters. The SMILES string of the molecule is C[C@H]1CN(C(=O)C2(C#N)CC2)C[C@H]1Nc1c(C(N)=O)cnn2cc(-c3ccc4c(cnn4C)c3)nc12. The van der Waals surface area contributed by atoms with Crippen molar-refractivity contribution < 1.29 is 9.59 Å². The predicted molar refractivity (Wildman–Crippen MR) is 132 cm³/mol. The third-order valence-corrected chi connectivity index (χ3v) is 7.40. The highest BCUT2D eigenvalue weighted by Gasteiger charge is 2.54. The lowest BCUT2D eigenvalue weighted by molar-refractivity contribution is -0.134. The number of nitrogens with one attached hydrogen (secondary N) is 1. The predicted octanol–water partition coefficient (Wildman–Crippen LogP) is 1.94. The molecule has 36 heavy (non-hydrogen) atoms. The maximum absolute atomic E-state index is 12.9. The van der Waals surface area contributed by atoms with Gasteiger partial charge in [-0.3, -0.25) is 14.3 Å². The molecule has 0 radical (unpaired) electrons. The van der Waals surface area contributed by atoms with Crippen LogP contribution in [-0.4, -0.2) is 60.2 Å². The molecule has 11 heteroatoms. The molecule has 4 aromatic rings. The minimum Gasteiger partial charge on any atom is -0.376 e. The number of amides is 2. The van der Waals surface area contributed by atoms with Gasteiger partial charge >= 0.3 is 0 Å². The number of rotatable bonds is 5. The van der Waals surface area contributed by atoms with Gasteiger partial charge in [0.15, 0.2) is 5.65 Å². The molecule has 2 amide bonds. The Labute approximate surface area is 206 Å². The van der Waals surface area contributed by atoms with Gasteiger partial charge in [0, 0.05) is 37.1 Å². The summed E-state index contributed by atoms with van der Waals surface area (Å²) < 4.78 is 3.43. The molecule has 6 rings (SSSR count). The van der Waals surface area contributed by atoms with E-state index in [1.54, 1.807) is 21.8 Å². The van der Waals surface area contributed by atoms with Gasteiger partial charge in [0.2, 0.25) is 5.91 Å². The van der Waals surface area contributed by atoms with Crippen LogP contribution >= 0.6 is 0 Å². The Morgan fingerprint density at radius 3 is 2.75 bits per heavy atom. The van der Waals surface area contributed by atoms with Gasteiger partial charge in [-0.15, -0.1) is 0 Å². The number of nitriles is 1. The standard InChI is InChI=1S/C25H25N9O2/c1-14-10-33(24(36)25(13-26)5-6-25)11-18(14)30-21-17(22(27)35)9-29-34-12-19(31-23(21)34)15-3-4-20-16(7-15)8-28-32(20)2/h3-4,7-9,12,14,18,30H,5-6,10-11H2,1-2H3,(H2,27,35)/t14-,18+/m0/s1. The van der Waals surface area contributed by atoms with E-state index in [1.165, 1.54) is 6.20 Å². The Kier molecular flexibility index (Phi) is 4.76. The molecule has 3 aromatic heterocycles. The molecule has 182 valence electrons. The number of imidazole rings is 1. The van der Waals surface area contributed by atoms with Crippen LogP contribution in [0.25, 0.3) is 27.8 Å². The van der Waals surface area contributed by atoms with Crippen molar-refractivity contribution in [2.75, 3.05) is 18.4 Å². The molecule has 0 bridgehead atoms. The molecule has 3 N–H and O–H groups in total. The summed E-state index contributed by atoms with van der Waals surface area (Å²) in [6.45, 7) is 3.01. The second-order valence-corrected chi connectivity index (χ2v) is 9.87. The summed E-state index contributed by atoms with van der Waals surface area (Å²) >= 11 is 0. The van der Waals surface area contributed by atoms with E-state index in [0.717, 1.165) is 16.5 Å². The number of primary amides is 1. The quantitative estimate of drug-likeness (QED) is 0.441. The molecular weight excluding hydrogens is 458 g/mol. The lowest BCUT2D eigenvalue weighted by Crippen LogP contribution is -2.36. The zero-order valence-corrected chi connectivity index (χ0v) is 20.0. The van der Waals surface area contributed by atoms with Crippen LogP contribution in [0.3, 0.4) is 0 Å². The third kappa shape index (κ3) is 3.37. The molecule has 11 nitrogen and oxygen atoms in total. The summed E-state index contributed by atoms with van der Waals surface area (Å²) in [6.07, 6.45) is 6.27. The first-order valence-electron chi connectivity index (χ1n) is 11.9. The molecule has 1 saturated heterocycles. The average molecular weight is 484 g/mol. The number of hydrogen-bond donors (Lipinski definition) is 2. The van der Waals surface area contributed by atoms with E-state index in [9.17, 15) is 14.9 Å². The maximum Gasteiger partial charge on any atom is 0.252 e. The Bertz CT molecular complexity index is 1590. The van der Waals surface area contributed by atoms with Crippen LogP contribution in [0, 0.1) is 22.7 Å². The number of hydrogen-bond acceptors (Lipinski definition) is 7. The number of fused-ring (bicyclic) bond motifs is 2. The summed E-state index contributed by atoms with van der Waals surface area (Å²) in [5, 5.41) is 22.5. The Balaban J connectivity index is 1.35. The largest absolute Gasteiger partial charge is 0.376 e. The highest BCUT2D eigenvalue weighted by atomic mass is 16.2. The number of nitrogens with zero attached hydrogens (tertiary/aromatic N) is 7. The van der Waals surface area contributed by atoms with Gasteiger partial charge in [-0.2, -0.15) is 15.5 Å². The van der Waals surface area contributed by atoms with E-state index in [4.69, 9.17) is 10.7 Å². The average Bonchev–Trinajstić information content (AvgIpc) is 3.19. The molecule has 0 spiro atoms. The van der Waals surface area contributed by atoms with Gasteiger partial charge < -0.3 is 16.0 Å². The van der Waals surface area contributed by atoms with E-state index in [0.29, 0.717) is 43.0 Å². The van der Waals surface area contributed by atoms with E-state index >= 15 is 0 Å². The fourth-order valence-corrected chi connectivity index (χ4v) is 5.03. The minimum atomic E-state index is -0.857. The molecular formula is C25H25N9O2. The van der Waals surface area contributed by atoms with Crippen molar-refractivity contribution >= 4 is 34.1 Å². The van der Waals surface area contributed by atoms with E-state index < -0.39 is 11.3 Å². The summed E-state index contributed by atoms with van der Waals surface area (Å²) in [4.78, 5) is 31.8. The Hall–Kier alpha value is -4.46. The number of likely N-dealkylation sites (tertiary alicyclic amines) is 1. The van der Waals surface area contributed by atoms with Crippen LogP contribution < -0.4 is 11.1 Å². The maximum atomic E-state index is 12.9. The van der Waals surface area contributed by atoms with Crippen molar-refractivity contribution in [1.29, 1.82) is 5.26 Å². The molecule has 1 saturated carbocycles. The molecule has 1 aliphatic carbocycles.